The molecular weight excluding hydrogens is 337 g/mol. The van der Waals surface area contributed by atoms with Gasteiger partial charge in [-0.2, -0.15) is 13.2 Å². The first kappa shape index (κ1) is 17.5. The van der Waals surface area contributed by atoms with Crippen molar-refractivity contribution in [3.63, 3.8) is 0 Å². The summed E-state index contributed by atoms with van der Waals surface area (Å²) in [5.74, 6) is -0.646. The Kier molecular flexibility index (Phi) is 5.12. The quantitative estimate of drug-likeness (QED) is 0.860. The van der Waals surface area contributed by atoms with E-state index in [1.807, 2.05) is 0 Å². The summed E-state index contributed by atoms with van der Waals surface area (Å²) in [5.41, 5.74) is 0.158. The maximum absolute atomic E-state index is 12.0. The van der Waals surface area contributed by atoms with Crippen molar-refractivity contribution in [3.05, 3.63) is 23.9 Å². The summed E-state index contributed by atoms with van der Waals surface area (Å²) in [6.07, 6.45) is -2.85. The molecule has 0 aromatic carbocycles. The number of rotatable bonds is 5. The lowest BCUT2D eigenvalue weighted by molar-refractivity contribution is -0.154. The third-order valence-electron chi connectivity index (χ3n) is 3.26. The van der Waals surface area contributed by atoms with Gasteiger partial charge in [0.1, 0.15) is 0 Å². The van der Waals surface area contributed by atoms with E-state index in [0.29, 0.717) is 6.42 Å². The van der Waals surface area contributed by atoms with Crippen LogP contribution in [0.15, 0.2) is 18.3 Å². The lowest BCUT2D eigenvalue weighted by Gasteiger charge is -2.10. The fourth-order valence-electron chi connectivity index (χ4n) is 2.13. The highest BCUT2D eigenvalue weighted by Crippen LogP contribution is 2.18. The van der Waals surface area contributed by atoms with E-state index in [1.54, 1.807) is 0 Å². The third kappa shape index (κ3) is 5.70. The average molecular weight is 352 g/mol. The average Bonchev–Trinajstić information content (AvgIpc) is 2.82. The summed E-state index contributed by atoms with van der Waals surface area (Å²) in [7, 11) is -3.00. The Bertz CT molecular complexity index is 659. The molecule has 1 aliphatic heterocycles. The smallest absolute Gasteiger partial charge is 0.422 e. The van der Waals surface area contributed by atoms with Gasteiger partial charge in [0.05, 0.1) is 17.1 Å². The first-order valence-corrected chi connectivity index (χ1v) is 8.61. The van der Waals surface area contributed by atoms with Gasteiger partial charge in [-0.3, -0.25) is 4.79 Å². The van der Waals surface area contributed by atoms with Crippen LogP contribution in [-0.4, -0.2) is 50.1 Å². The molecule has 6 nitrogen and oxygen atoms in total. The Morgan fingerprint density at radius 2 is 2.13 bits per heavy atom. The fourth-order valence-corrected chi connectivity index (χ4v) is 3.99. The second kappa shape index (κ2) is 6.73. The minimum atomic E-state index is -4.46. The topological polar surface area (TPSA) is 85.4 Å². The minimum absolute atomic E-state index is 0.0513. The van der Waals surface area contributed by atoms with E-state index in [1.165, 1.54) is 12.1 Å². The molecule has 2 rings (SSSR count). The molecule has 0 aliphatic carbocycles. The third-order valence-corrected chi connectivity index (χ3v) is 5.10. The molecule has 0 spiro atoms. The zero-order chi connectivity index (χ0) is 17.1. The van der Waals surface area contributed by atoms with Gasteiger partial charge in [0.15, 0.2) is 16.4 Å². The second-order valence-corrected chi connectivity index (χ2v) is 7.50. The van der Waals surface area contributed by atoms with Crippen molar-refractivity contribution in [2.24, 2.45) is 5.92 Å². The summed E-state index contributed by atoms with van der Waals surface area (Å²) in [5, 5.41) is 2.59. The fraction of sp³-hybridized carbons (Fsp3) is 0.538. The van der Waals surface area contributed by atoms with Crippen LogP contribution in [0.25, 0.3) is 0 Å². The Hall–Kier alpha value is -1.84. The Morgan fingerprint density at radius 1 is 1.39 bits per heavy atom. The first-order valence-electron chi connectivity index (χ1n) is 6.79. The van der Waals surface area contributed by atoms with Gasteiger partial charge >= 0.3 is 6.18 Å². The van der Waals surface area contributed by atoms with E-state index < -0.39 is 28.5 Å². The molecule has 1 amide bonds. The van der Waals surface area contributed by atoms with Crippen molar-refractivity contribution >= 4 is 15.7 Å². The van der Waals surface area contributed by atoms with Crippen molar-refractivity contribution < 1.29 is 31.1 Å². The van der Waals surface area contributed by atoms with Gasteiger partial charge < -0.3 is 10.1 Å². The van der Waals surface area contributed by atoms with Crippen LogP contribution in [0.2, 0.25) is 0 Å². The number of nitrogens with zero attached hydrogens (tertiary/aromatic N) is 1. The molecule has 0 radical (unpaired) electrons. The molecule has 10 heteroatoms. The van der Waals surface area contributed by atoms with Gasteiger partial charge in [-0.15, -0.1) is 0 Å². The van der Waals surface area contributed by atoms with E-state index in [4.69, 9.17) is 0 Å². The molecule has 1 N–H and O–H groups in total. The summed E-state index contributed by atoms with van der Waals surface area (Å²) in [6, 6.07) is 2.46. The predicted octanol–water partition coefficient (Wildman–Crippen LogP) is 1.19. The van der Waals surface area contributed by atoms with Crippen molar-refractivity contribution in [1.82, 2.24) is 10.3 Å². The molecule has 23 heavy (non-hydrogen) atoms. The number of sulfone groups is 1. The van der Waals surface area contributed by atoms with Gasteiger partial charge in [0.25, 0.3) is 5.91 Å². The number of carbonyl (C=O) groups is 1. The second-order valence-electron chi connectivity index (χ2n) is 5.27. The molecular formula is C13H15F3N2O4S. The lowest BCUT2D eigenvalue weighted by Crippen LogP contribution is -2.29. The normalized spacial score (nSPS) is 20.2. The number of hydrogen-bond donors (Lipinski definition) is 1. The molecule has 1 aromatic heterocycles. The molecule has 1 fully saturated rings. The molecule has 2 heterocycles. The van der Waals surface area contributed by atoms with Crippen LogP contribution in [0.4, 0.5) is 13.2 Å². The highest BCUT2D eigenvalue weighted by atomic mass is 32.2. The van der Waals surface area contributed by atoms with Gasteiger partial charge in [-0.05, 0) is 18.4 Å². The van der Waals surface area contributed by atoms with Crippen LogP contribution in [0.1, 0.15) is 16.8 Å². The molecule has 1 saturated heterocycles. The predicted molar refractivity (Wildman–Crippen MR) is 74.9 cm³/mol. The molecule has 0 saturated carbocycles. The van der Waals surface area contributed by atoms with Crippen molar-refractivity contribution in [1.29, 1.82) is 0 Å². The number of pyridine rings is 1. The zero-order valence-electron chi connectivity index (χ0n) is 12.0. The minimum Gasteiger partial charge on any atom is -0.468 e. The van der Waals surface area contributed by atoms with Gasteiger partial charge in [0.2, 0.25) is 5.88 Å². The van der Waals surface area contributed by atoms with Crippen LogP contribution in [0.5, 0.6) is 5.88 Å². The Balaban J connectivity index is 1.83. The van der Waals surface area contributed by atoms with Gasteiger partial charge in [-0.1, -0.05) is 0 Å². The lowest BCUT2D eigenvalue weighted by atomic mass is 10.1. The van der Waals surface area contributed by atoms with Crippen LogP contribution < -0.4 is 10.1 Å². The highest BCUT2D eigenvalue weighted by Gasteiger charge is 2.29. The van der Waals surface area contributed by atoms with Crippen LogP contribution in [-0.2, 0) is 9.84 Å². The summed E-state index contributed by atoms with van der Waals surface area (Å²) in [4.78, 5) is 15.5. The number of aromatic nitrogens is 1. The van der Waals surface area contributed by atoms with Crippen LogP contribution >= 0.6 is 0 Å². The van der Waals surface area contributed by atoms with E-state index in [2.05, 4.69) is 15.0 Å². The summed E-state index contributed by atoms with van der Waals surface area (Å²) < 4.78 is 63.0. The van der Waals surface area contributed by atoms with E-state index >= 15 is 0 Å². The SMILES string of the molecule is O=C(NCC1CCS(=O)(=O)C1)c1ccc(OCC(F)(F)F)nc1. The largest absolute Gasteiger partial charge is 0.468 e. The van der Waals surface area contributed by atoms with Crippen molar-refractivity contribution in [2.75, 3.05) is 24.7 Å². The maximum Gasteiger partial charge on any atom is 0.422 e. The molecule has 1 aromatic rings. The maximum atomic E-state index is 12.0. The Morgan fingerprint density at radius 3 is 2.65 bits per heavy atom. The van der Waals surface area contributed by atoms with E-state index in [9.17, 15) is 26.4 Å². The first-order chi connectivity index (χ1) is 10.6. The molecule has 1 atom stereocenters. The zero-order valence-corrected chi connectivity index (χ0v) is 12.8. The Labute approximate surface area is 131 Å². The molecule has 0 bridgehead atoms. The number of hydrogen-bond acceptors (Lipinski definition) is 5. The van der Waals surface area contributed by atoms with Gasteiger partial charge in [-0.25, -0.2) is 13.4 Å². The van der Waals surface area contributed by atoms with Crippen LogP contribution in [0, 0.1) is 5.92 Å². The number of ether oxygens (including phenoxy) is 1. The molecule has 1 aliphatic rings. The van der Waals surface area contributed by atoms with E-state index in [0.717, 1.165) is 6.20 Å². The highest BCUT2D eigenvalue weighted by molar-refractivity contribution is 7.91. The molecule has 128 valence electrons. The monoisotopic (exact) mass is 352 g/mol. The number of carbonyl (C=O) groups excluding carboxylic acids is 1. The number of amides is 1. The van der Waals surface area contributed by atoms with Gasteiger partial charge in [0, 0.05) is 18.8 Å². The van der Waals surface area contributed by atoms with Crippen molar-refractivity contribution in [2.45, 2.75) is 12.6 Å². The molecule has 1 unspecified atom stereocenters. The summed E-state index contributed by atoms with van der Waals surface area (Å²) in [6.45, 7) is -1.23. The van der Waals surface area contributed by atoms with Crippen molar-refractivity contribution in [3.8, 4) is 5.88 Å². The number of alkyl halides is 3. The standard InChI is InChI=1S/C13H15F3N2O4S/c14-13(15,16)8-22-11-2-1-10(6-17-11)12(19)18-5-9-3-4-23(20,21)7-9/h1-2,6,9H,3-5,7-8H2,(H,18,19). The van der Waals surface area contributed by atoms with E-state index in [-0.39, 0.29) is 35.4 Å². The summed E-state index contributed by atoms with van der Waals surface area (Å²) >= 11 is 0. The van der Waals surface area contributed by atoms with Crippen LogP contribution in [0.3, 0.4) is 0 Å². The number of halogens is 3. The number of nitrogens with one attached hydrogen (secondary N) is 1.